The van der Waals surface area contributed by atoms with Gasteiger partial charge in [-0.2, -0.15) is 4.99 Å². The van der Waals surface area contributed by atoms with Crippen molar-refractivity contribution in [2.24, 2.45) is 9.98 Å². The summed E-state index contributed by atoms with van der Waals surface area (Å²) in [7, 11) is 0. The molecule has 1 heterocycles. The van der Waals surface area contributed by atoms with Crippen LogP contribution in [0.3, 0.4) is 0 Å². The van der Waals surface area contributed by atoms with Crippen molar-refractivity contribution in [1.82, 2.24) is 0 Å². The molecule has 0 fully saturated rings. The third-order valence-electron chi connectivity index (χ3n) is 1.99. The Labute approximate surface area is 104 Å². The molecule has 84 valence electrons. The number of amidine groups is 2. The molecule has 5 heteroatoms. The van der Waals surface area contributed by atoms with Crippen molar-refractivity contribution in [3.63, 3.8) is 0 Å². The smallest absolute Gasteiger partial charge is 0.185 e. The van der Waals surface area contributed by atoms with Gasteiger partial charge in [-0.15, -0.1) is 0 Å². The molecule has 3 nitrogen and oxygen atoms in total. The van der Waals surface area contributed by atoms with E-state index in [9.17, 15) is 0 Å². The first-order chi connectivity index (χ1) is 7.88. The number of hydrogen-bond donors (Lipinski definition) is 1. The second-order valence-corrected chi connectivity index (χ2v) is 4.98. The van der Waals surface area contributed by atoms with Gasteiger partial charge in [-0.05, 0) is 18.4 Å². The van der Waals surface area contributed by atoms with Gasteiger partial charge in [-0.3, -0.25) is 4.99 Å². The Morgan fingerprint density at radius 1 is 1.44 bits per heavy atom. The van der Waals surface area contributed by atoms with Crippen molar-refractivity contribution >= 4 is 39.5 Å². The second kappa shape index (κ2) is 5.96. The number of benzene rings is 1. The first-order valence-electron chi connectivity index (χ1n) is 5.00. The van der Waals surface area contributed by atoms with Gasteiger partial charge in [0, 0.05) is 11.4 Å². The van der Waals surface area contributed by atoms with Crippen LogP contribution in [0.15, 0.2) is 40.3 Å². The zero-order valence-corrected chi connectivity index (χ0v) is 10.6. The first kappa shape index (κ1) is 11.5. The molecule has 0 radical (unpaired) electrons. The highest BCUT2D eigenvalue weighted by Gasteiger charge is 2.07. The fraction of sp³-hybridized carbons (Fsp3) is 0.273. The first-order valence-corrected chi connectivity index (χ1v) is 7.21. The number of nitrogens with one attached hydrogen (secondary N) is 1. The van der Waals surface area contributed by atoms with Crippen molar-refractivity contribution in [1.29, 1.82) is 0 Å². The molecule has 0 unspecified atom stereocenters. The van der Waals surface area contributed by atoms with Crippen LogP contribution in [-0.2, 0) is 0 Å². The van der Waals surface area contributed by atoms with E-state index in [1.54, 1.807) is 23.5 Å². The molecule has 0 saturated carbocycles. The van der Waals surface area contributed by atoms with Crippen LogP contribution in [0.25, 0.3) is 0 Å². The van der Waals surface area contributed by atoms with E-state index in [2.05, 4.69) is 15.3 Å². The van der Waals surface area contributed by atoms with E-state index in [1.807, 2.05) is 36.6 Å². The van der Waals surface area contributed by atoms with E-state index >= 15 is 0 Å². The van der Waals surface area contributed by atoms with Crippen LogP contribution < -0.4 is 5.32 Å². The molecule has 0 amide bonds. The third kappa shape index (κ3) is 3.28. The molecule has 0 bridgehead atoms. The Morgan fingerprint density at radius 3 is 2.88 bits per heavy atom. The third-order valence-corrected chi connectivity index (χ3v) is 3.43. The van der Waals surface area contributed by atoms with E-state index in [0.29, 0.717) is 0 Å². The Hall–Kier alpha value is -0.940. The number of rotatable bonds is 1. The minimum absolute atomic E-state index is 0.882. The molecule has 1 aromatic carbocycles. The Morgan fingerprint density at radius 2 is 2.25 bits per heavy atom. The number of para-hydroxylation sites is 1. The minimum atomic E-state index is 0.882. The van der Waals surface area contributed by atoms with Crippen molar-refractivity contribution in [3.05, 3.63) is 30.3 Å². The summed E-state index contributed by atoms with van der Waals surface area (Å²) in [5.74, 6) is 1.05. The zero-order chi connectivity index (χ0) is 11.2. The van der Waals surface area contributed by atoms with E-state index in [1.165, 1.54) is 0 Å². The van der Waals surface area contributed by atoms with Crippen LogP contribution in [0, 0.1) is 0 Å². The average molecular weight is 251 g/mol. The molecule has 1 aliphatic rings. The fourth-order valence-corrected chi connectivity index (χ4v) is 2.41. The van der Waals surface area contributed by atoms with Gasteiger partial charge in [-0.1, -0.05) is 41.7 Å². The number of nitrogens with zero attached hydrogens (tertiary/aromatic N) is 2. The molecule has 0 spiro atoms. The molecule has 1 N–H and O–H groups in total. The summed E-state index contributed by atoms with van der Waals surface area (Å²) in [6.45, 7) is 0.885. The normalized spacial score (nSPS) is 16.1. The lowest BCUT2D eigenvalue weighted by Gasteiger charge is -2.06. The average Bonchev–Trinajstić information content (AvgIpc) is 2.82. The molecule has 0 atom stereocenters. The molecular weight excluding hydrogens is 238 g/mol. The number of aliphatic imine (C=N–C) groups is 2. The quantitative estimate of drug-likeness (QED) is 0.616. The second-order valence-electron chi connectivity index (χ2n) is 3.12. The highest BCUT2D eigenvalue weighted by molar-refractivity contribution is 8.15. The number of thioether (sulfide) groups is 2. The molecule has 1 aromatic rings. The lowest BCUT2D eigenvalue weighted by atomic mass is 10.3. The van der Waals surface area contributed by atoms with Gasteiger partial charge in [0.2, 0.25) is 0 Å². The van der Waals surface area contributed by atoms with Crippen LogP contribution in [-0.4, -0.2) is 28.9 Å². The van der Waals surface area contributed by atoms with Crippen molar-refractivity contribution in [2.45, 2.75) is 0 Å². The van der Waals surface area contributed by atoms with Gasteiger partial charge in [0.25, 0.3) is 0 Å². The summed E-state index contributed by atoms with van der Waals surface area (Å²) in [6, 6.07) is 10.0. The van der Waals surface area contributed by atoms with Crippen LogP contribution in [0.2, 0.25) is 0 Å². The predicted molar refractivity (Wildman–Crippen MR) is 75.8 cm³/mol. The number of hydrogen-bond acceptors (Lipinski definition) is 4. The van der Waals surface area contributed by atoms with E-state index < -0.39 is 0 Å². The van der Waals surface area contributed by atoms with Crippen molar-refractivity contribution in [2.75, 3.05) is 23.9 Å². The summed E-state index contributed by atoms with van der Waals surface area (Å²) in [4.78, 5) is 8.77. The van der Waals surface area contributed by atoms with E-state index in [-0.39, 0.29) is 0 Å². The van der Waals surface area contributed by atoms with Crippen molar-refractivity contribution < 1.29 is 0 Å². The maximum absolute atomic E-state index is 4.47. The van der Waals surface area contributed by atoms with Crippen molar-refractivity contribution in [3.8, 4) is 0 Å². The highest BCUT2D eigenvalue weighted by atomic mass is 32.2. The topological polar surface area (TPSA) is 36.8 Å². The summed E-state index contributed by atoms with van der Waals surface area (Å²) >= 11 is 3.30. The van der Waals surface area contributed by atoms with Crippen LogP contribution in [0.5, 0.6) is 0 Å². The predicted octanol–water partition coefficient (Wildman–Crippen LogP) is 2.92. The summed E-state index contributed by atoms with van der Waals surface area (Å²) < 4.78 is 0. The van der Waals surface area contributed by atoms with Gasteiger partial charge in [-0.25, -0.2) is 0 Å². The van der Waals surface area contributed by atoms with Crippen LogP contribution in [0.4, 0.5) is 5.69 Å². The summed E-state index contributed by atoms with van der Waals surface area (Å²) in [5.41, 5.74) is 1.05. The summed E-state index contributed by atoms with van der Waals surface area (Å²) in [5, 5.41) is 5.04. The van der Waals surface area contributed by atoms with Gasteiger partial charge in [0.15, 0.2) is 10.3 Å². The molecular formula is C11H13N3S2. The minimum Gasteiger partial charge on any atom is -0.335 e. The largest absolute Gasteiger partial charge is 0.335 e. The molecule has 0 aliphatic carbocycles. The fourth-order valence-electron chi connectivity index (χ4n) is 1.25. The van der Waals surface area contributed by atoms with Gasteiger partial charge in [0.05, 0.1) is 6.54 Å². The maximum atomic E-state index is 4.47. The SMILES string of the molecule is CS/C(=N\C1=NCCS1)Nc1ccccc1. The van der Waals surface area contributed by atoms with Crippen LogP contribution in [0.1, 0.15) is 0 Å². The lowest BCUT2D eigenvalue weighted by Crippen LogP contribution is -2.08. The molecule has 0 aromatic heterocycles. The Balaban J connectivity index is 2.05. The van der Waals surface area contributed by atoms with E-state index in [4.69, 9.17) is 0 Å². The van der Waals surface area contributed by atoms with Gasteiger partial charge < -0.3 is 5.32 Å². The van der Waals surface area contributed by atoms with E-state index in [0.717, 1.165) is 28.3 Å². The van der Waals surface area contributed by atoms with Gasteiger partial charge in [0.1, 0.15) is 0 Å². The lowest BCUT2D eigenvalue weighted by molar-refractivity contribution is 1.17. The monoisotopic (exact) mass is 251 g/mol. The maximum Gasteiger partial charge on any atom is 0.185 e. The Kier molecular flexibility index (Phi) is 4.30. The van der Waals surface area contributed by atoms with Crippen LogP contribution >= 0.6 is 23.5 Å². The molecule has 16 heavy (non-hydrogen) atoms. The Bertz CT molecular complexity index is 401. The standard InChI is InChI=1S/C11H13N3S2/c1-15-11(14-10-12-7-8-16-10)13-9-5-3-2-4-6-9/h2-6H,7-8H2,1H3,(H,12,13,14). The molecule has 0 saturated heterocycles. The zero-order valence-electron chi connectivity index (χ0n) is 9.01. The molecule has 1 aliphatic heterocycles. The number of anilines is 1. The summed E-state index contributed by atoms with van der Waals surface area (Å²) in [6.07, 6.45) is 2.01. The van der Waals surface area contributed by atoms with Gasteiger partial charge >= 0.3 is 0 Å². The molecule has 2 rings (SSSR count). The highest BCUT2D eigenvalue weighted by Crippen LogP contribution is 2.15.